The van der Waals surface area contributed by atoms with Crippen molar-refractivity contribution in [3.05, 3.63) is 108 Å². The maximum atomic E-state index is 12.6. The van der Waals surface area contributed by atoms with Crippen LogP contribution in [0.5, 0.6) is 0 Å². The van der Waals surface area contributed by atoms with Crippen LogP contribution in [-0.4, -0.2) is 71.2 Å². The lowest BCUT2D eigenvalue weighted by Gasteiger charge is -2.40. The van der Waals surface area contributed by atoms with Crippen molar-refractivity contribution < 1.29 is 9.90 Å². The van der Waals surface area contributed by atoms with Gasteiger partial charge in [-0.3, -0.25) is 19.6 Å². The van der Waals surface area contributed by atoms with Crippen LogP contribution in [0, 0.1) is 0 Å². The third-order valence-electron chi connectivity index (χ3n) is 7.16. The van der Waals surface area contributed by atoms with Gasteiger partial charge in [-0.25, -0.2) is 0 Å². The van der Waals surface area contributed by atoms with E-state index in [9.17, 15) is 9.90 Å². The lowest BCUT2D eigenvalue weighted by molar-refractivity contribution is -0.116. The minimum absolute atomic E-state index is 0.0891. The van der Waals surface area contributed by atoms with Crippen LogP contribution in [0.4, 0.5) is 5.69 Å². The second kappa shape index (κ2) is 11.6. The highest BCUT2D eigenvalue weighted by Crippen LogP contribution is 2.30. The molecule has 1 unspecified atom stereocenters. The quantitative estimate of drug-likeness (QED) is 0.395. The molecule has 1 fully saturated rings. The molecule has 0 saturated carbocycles. The summed E-state index contributed by atoms with van der Waals surface area (Å²) < 4.78 is 0. The Morgan fingerprint density at radius 2 is 1.51 bits per heavy atom. The minimum Gasteiger partial charge on any atom is -0.390 e. The van der Waals surface area contributed by atoms with Crippen LogP contribution in [0.15, 0.2) is 97.2 Å². The highest BCUT2D eigenvalue weighted by molar-refractivity contribution is 6.01. The average Bonchev–Trinajstić information content (AvgIpc) is 2.94. The number of carbonyl (C=O) groups is 1. The van der Waals surface area contributed by atoms with E-state index in [0.717, 1.165) is 42.8 Å². The normalized spacial score (nSPS) is 15.6. The number of aliphatic hydroxyl groups is 1. The summed E-state index contributed by atoms with van der Waals surface area (Å²) in [5, 5.41) is 11.9. The van der Waals surface area contributed by atoms with Crippen molar-refractivity contribution in [3.8, 4) is 0 Å². The number of nitrogens with zero attached hydrogens (tertiary/aromatic N) is 4. The molecule has 1 aliphatic heterocycles. The predicted molar refractivity (Wildman–Crippen MR) is 149 cm³/mol. The number of rotatable bonds is 8. The molecule has 6 heteroatoms. The number of hydrogen-bond donors (Lipinski definition) is 1. The number of amides is 1. The number of benzene rings is 3. The van der Waals surface area contributed by atoms with Crippen LogP contribution < -0.4 is 4.90 Å². The van der Waals surface area contributed by atoms with Crippen molar-refractivity contribution in [2.75, 3.05) is 44.2 Å². The molecule has 0 radical (unpaired) electrons. The summed E-state index contributed by atoms with van der Waals surface area (Å²) in [7, 11) is 0. The standard InChI is InChI=1S/C31H34N4O2/c1-24(36)35(30-16-8-15-29-28(30)14-9-17-32-29)23-27(37)22-33-18-20-34(21-19-33)31(25-10-4-2-5-11-25)26-12-6-3-7-13-26/h2-17,27,31,37H,18-23H2,1H3. The average molecular weight is 495 g/mol. The molecule has 1 saturated heterocycles. The number of aliphatic hydroxyl groups excluding tert-OH is 1. The zero-order valence-electron chi connectivity index (χ0n) is 21.3. The summed E-state index contributed by atoms with van der Waals surface area (Å²) in [6.07, 6.45) is 1.10. The molecule has 1 atom stereocenters. The SMILES string of the molecule is CC(=O)N(CC(O)CN1CCN(C(c2ccccc2)c2ccccc2)CC1)c1cccc2ncccc12. The summed E-state index contributed by atoms with van der Waals surface area (Å²) in [4.78, 5) is 23.5. The van der Waals surface area contributed by atoms with E-state index >= 15 is 0 Å². The van der Waals surface area contributed by atoms with Gasteiger partial charge in [0, 0.05) is 51.2 Å². The van der Waals surface area contributed by atoms with E-state index in [2.05, 4.69) is 75.4 Å². The van der Waals surface area contributed by atoms with E-state index in [4.69, 9.17) is 0 Å². The Hall–Kier alpha value is -3.58. The van der Waals surface area contributed by atoms with Gasteiger partial charge in [-0.1, -0.05) is 66.7 Å². The second-order valence-corrected chi connectivity index (χ2v) is 9.69. The lowest BCUT2D eigenvalue weighted by atomic mass is 9.96. The molecule has 1 aromatic heterocycles. The first-order chi connectivity index (χ1) is 18.1. The van der Waals surface area contributed by atoms with E-state index in [1.165, 1.54) is 11.1 Å². The molecular weight excluding hydrogens is 460 g/mol. The molecule has 37 heavy (non-hydrogen) atoms. The van der Waals surface area contributed by atoms with E-state index in [-0.39, 0.29) is 18.5 Å². The second-order valence-electron chi connectivity index (χ2n) is 9.69. The van der Waals surface area contributed by atoms with Gasteiger partial charge < -0.3 is 10.0 Å². The Balaban J connectivity index is 1.24. The lowest BCUT2D eigenvalue weighted by Crippen LogP contribution is -2.51. The highest BCUT2D eigenvalue weighted by Gasteiger charge is 2.28. The molecule has 1 amide bonds. The fourth-order valence-electron chi connectivity index (χ4n) is 5.37. The molecule has 4 aromatic rings. The van der Waals surface area contributed by atoms with Gasteiger partial charge in [-0.2, -0.15) is 0 Å². The highest BCUT2D eigenvalue weighted by atomic mass is 16.3. The summed E-state index contributed by atoms with van der Waals surface area (Å²) >= 11 is 0. The van der Waals surface area contributed by atoms with Gasteiger partial charge in [-0.15, -0.1) is 0 Å². The number of β-amino-alcohol motifs (C(OH)–C–C–N with tert-alkyl or cyclic N) is 1. The monoisotopic (exact) mass is 494 g/mol. The molecule has 1 aliphatic rings. The maximum absolute atomic E-state index is 12.6. The van der Waals surface area contributed by atoms with E-state index in [1.54, 1.807) is 18.0 Å². The van der Waals surface area contributed by atoms with Crippen LogP contribution in [0.2, 0.25) is 0 Å². The number of aromatic nitrogens is 1. The molecule has 190 valence electrons. The van der Waals surface area contributed by atoms with Gasteiger partial charge in [0.05, 0.1) is 29.9 Å². The summed E-state index contributed by atoms with van der Waals surface area (Å²) in [5.74, 6) is -0.0891. The third kappa shape index (κ3) is 5.88. The zero-order chi connectivity index (χ0) is 25.6. The number of anilines is 1. The predicted octanol–water partition coefficient (Wildman–Crippen LogP) is 4.36. The maximum Gasteiger partial charge on any atom is 0.223 e. The summed E-state index contributed by atoms with van der Waals surface area (Å²) in [5.41, 5.74) is 4.21. The molecule has 0 spiro atoms. The van der Waals surface area contributed by atoms with Gasteiger partial charge in [0.1, 0.15) is 0 Å². The number of pyridine rings is 1. The Labute approximate surface area is 218 Å². The Morgan fingerprint density at radius 1 is 0.865 bits per heavy atom. The molecule has 2 heterocycles. The van der Waals surface area contributed by atoms with Crippen molar-refractivity contribution >= 4 is 22.5 Å². The minimum atomic E-state index is -0.651. The summed E-state index contributed by atoms with van der Waals surface area (Å²) in [6, 6.07) is 31.1. The topological polar surface area (TPSA) is 59.9 Å². The Kier molecular flexibility index (Phi) is 7.90. The van der Waals surface area contributed by atoms with Crippen molar-refractivity contribution in [1.29, 1.82) is 0 Å². The molecule has 0 aliphatic carbocycles. The van der Waals surface area contributed by atoms with Crippen molar-refractivity contribution in [1.82, 2.24) is 14.8 Å². The van der Waals surface area contributed by atoms with Crippen molar-refractivity contribution in [3.63, 3.8) is 0 Å². The first-order valence-corrected chi connectivity index (χ1v) is 13.0. The molecule has 0 bridgehead atoms. The molecule has 1 N–H and O–H groups in total. The number of piperazine rings is 1. The van der Waals surface area contributed by atoms with Crippen LogP contribution in [0.3, 0.4) is 0 Å². The molecule has 6 nitrogen and oxygen atoms in total. The van der Waals surface area contributed by atoms with Crippen molar-refractivity contribution in [2.45, 2.75) is 19.1 Å². The van der Waals surface area contributed by atoms with Gasteiger partial charge in [0.15, 0.2) is 0 Å². The van der Waals surface area contributed by atoms with Gasteiger partial charge >= 0.3 is 0 Å². The van der Waals surface area contributed by atoms with Crippen LogP contribution in [-0.2, 0) is 4.79 Å². The summed E-state index contributed by atoms with van der Waals surface area (Å²) in [6.45, 7) is 5.88. The number of fused-ring (bicyclic) bond motifs is 1. The van der Waals surface area contributed by atoms with Crippen LogP contribution in [0.25, 0.3) is 10.9 Å². The van der Waals surface area contributed by atoms with Crippen LogP contribution >= 0.6 is 0 Å². The van der Waals surface area contributed by atoms with E-state index in [1.807, 2.05) is 30.3 Å². The van der Waals surface area contributed by atoms with Gasteiger partial charge in [0.25, 0.3) is 0 Å². The number of hydrogen-bond acceptors (Lipinski definition) is 5. The fraction of sp³-hybridized carbons (Fsp3) is 0.290. The molecule has 3 aromatic carbocycles. The smallest absolute Gasteiger partial charge is 0.223 e. The third-order valence-corrected chi connectivity index (χ3v) is 7.16. The van der Waals surface area contributed by atoms with Crippen LogP contribution in [0.1, 0.15) is 24.1 Å². The van der Waals surface area contributed by atoms with E-state index in [0.29, 0.717) is 6.54 Å². The zero-order valence-corrected chi connectivity index (χ0v) is 21.3. The first kappa shape index (κ1) is 25.1. The number of carbonyl (C=O) groups excluding carboxylic acids is 1. The van der Waals surface area contributed by atoms with Crippen molar-refractivity contribution in [2.24, 2.45) is 0 Å². The molecular formula is C31H34N4O2. The van der Waals surface area contributed by atoms with E-state index < -0.39 is 6.10 Å². The Bertz CT molecular complexity index is 1260. The van der Waals surface area contributed by atoms with Gasteiger partial charge in [-0.05, 0) is 35.4 Å². The van der Waals surface area contributed by atoms with Gasteiger partial charge in [0.2, 0.25) is 5.91 Å². The largest absolute Gasteiger partial charge is 0.390 e. The molecule has 5 rings (SSSR count). The fourth-order valence-corrected chi connectivity index (χ4v) is 5.37. The Morgan fingerprint density at radius 3 is 2.14 bits per heavy atom. The first-order valence-electron chi connectivity index (χ1n) is 13.0.